The second-order valence-corrected chi connectivity index (χ2v) is 10.6. The van der Waals surface area contributed by atoms with Gasteiger partial charge in [-0.2, -0.15) is 5.10 Å². The summed E-state index contributed by atoms with van der Waals surface area (Å²) in [5, 5.41) is 7.91. The molecule has 1 saturated carbocycles. The zero-order valence-corrected chi connectivity index (χ0v) is 19.3. The van der Waals surface area contributed by atoms with Crippen LogP contribution in [-0.2, 0) is 4.74 Å². The topological polar surface area (TPSA) is 62.6 Å². The number of aromatic nitrogens is 2. The minimum Gasteiger partial charge on any atom is -0.444 e. The van der Waals surface area contributed by atoms with E-state index in [-0.39, 0.29) is 24.1 Å². The Balaban J connectivity index is 1.41. The summed E-state index contributed by atoms with van der Waals surface area (Å²) in [4.78, 5) is 15.8. The van der Waals surface area contributed by atoms with Crippen molar-refractivity contribution >= 4 is 11.9 Å². The number of piperazine rings is 1. The summed E-state index contributed by atoms with van der Waals surface area (Å²) in [6.07, 6.45) is -0.443. The quantitative estimate of drug-likeness (QED) is 0.777. The van der Waals surface area contributed by atoms with Crippen molar-refractivity contribution in [2.45, 2.75) is 77.5 Å². The molecular weight excluding hydrogens is 404 g/mol. The van der Waals surface area contributed by atoms with Gasteiger partial charge in [0.05, 0.1) is 6.04 Å². The van der Waals surface area contributed by atoms with E-state index in [4.69, 9.17) is 9.84 Å². The van der Waals surface area contributed by atoms with E-state index in [0.717, 1.165) is 18.5 Å². The van der Waals surface area contributed by atoms with Gasteiger partial charge in [0.1, 0.15) is 11.1 Å². The van der Waals surface area contributed by atoms with E-state index in [2.05, 4.69) is 5.32 Å². The number of halogens is 2. The first-order valence-corrected chi connectivity index (χ1v) is 11.3. The Morgan fingerprint density at radius 1 is 1.35 bits per heavy atom. The van der Waals surface area contributed by atoms with Crippen molar-refractivity contribution in [3.8, 4) is 0 Å². The molecule has 2 aliphatic heterocycles. The van der Waals surface area contributed by atoms with E-state index < -0.39 is 17.6 Å². The highest BCUT2D eigenvalue weighted by molar-refractivity contribution is 5.69. The molecule has 3 fully saturated rings. The Labute approximate surface area is 183 Å². The first-order valence-electron chi connectivity index (χ1n) is 11.3. The van der Waals surface area contributed by atoms with Crippen molar-refractivity contribution in [3.63, 3.8) is 0 Å². The average Bonchev–Trinajstić information content (AvgIpc) is 2.98. The summed E-state index contributed by atoms with van der Waals surface area (Å²) in [6, 6.07) is 2.19. The van der Waals surface area contributed by atoms with Crippen molar-refractivity contribution in [1.29, 1.82) is 0 Å². The van der Waals surface area contributed by atoms with Crippen LogP contribution in [0.4, 0.5) is 19.4 Å². The van der Waals surface area contributed by atoms with Crippen LogP contribution < -0.4 is 10.2 Å². The molecule has 1 aromatic rings. The lowest BCUT2D eigenvalue weighted by Crippen LogP contribution is -2.65. The standard InChI is InChI=1S/C22H35F2N5O2/c1-6-22(18(23)24)12-25-7-8-28(22)17-9-15(2)29(26-17)16-10-21(11-16)13-27(14-21)19(30)31-20(3,4)5/h9,16,18,25H,6-8,10-14H2,1-5H3/t22-/m0/s1. The lowest BCUT2D eigenvalue weighted by molar-refractivity contribution is -0.0931. The highest BCUT2D eigenvalue weighted by Gasteiger charge is 2.55. The fourth-order valence-electron chi connectivity index (χ4n) is 5.38. The van der Waals surface area contributed by atoms with E-state index >= 15 is 0 Å². The van der Waals surface area contributed by atoms with Gasteiger partial charge in [0.15, 0.2) is 5.82 Å². The Morgan fingerprint density at radius 3 is 2.61 bits per heavy atom. The van der Waals surface area contributed by atoms with E-state index in [9.17, 15) is 13.6 Å². The van der Waals surface area contributed by atoms with Crippen molar-refractivity contribution < 1.29 is 18.3 Å². The molecule has 0 bridgehead atoms. The molecule has 3 aliphatic rings. The third kappa shape index (κ3) is 3.90. The molecular formula is C22H35F2N5O2. The smallest absolute Gasteiger partial charge is 0.410 e. The van der Waals surface area contributed by atoms with Crippen LogP contribution in [0.25, 0.3) is 0 Å². The molecule has 174 valence electrons. The number of nitrogens with one attached hydrogen (secondary N) is 1. The van der Waals surface area contributed by atoms with Gasteiger partial charge >= 0.3 is 6.09 Å². The van der Waals surface area contributed by atoms with Crippen LogP contribution in [0.2, 0.25) is 0 Å². The second kappa shape index (κ2) is 7.60. The largest absolute Gasteiger partial charge is 0.444 e. The molecule has 1 amide bonds. The van der Waals surface area contributed by atoms with Gasteiger partial charge < -0.3 is 19.9 Å². The monoisotopic (exact) mass is 439 g/mol. The van der Waals surface area contributed by atoms with Crippen molar-refractivity contribution in [2.24, 2.45) is 5.41 Å². The molecule has 0 unspecified atom stereocenters. The zero-order chi connectivity index (χ0) is 22.6. The summed E-state index contributed by atoms with van der Waals surface area (Å²) in [5.74, 6) is 0.645. The van der Waals surface area contributed by atoms with Crippen LogP contribution in [0.15, 0.2) is 6.07 Å². The molecule has 1 aliphatic carbocycles. The Bertz CT molecular complexity index is 822. The Kier molecular flexibility index (Phi) is 5.47. The van der Waals surface area contributed by atoms with Gasteiger partial charge in [-0.25, -0.2) is 13.6 Å². The lowest BCUT2D eigenvalue weighted by Gasteiger charge is -2.58. The fourth-order valence-corrected chi connectivity index (χ4v) is 5.38. The van der Waals surface area contributed by atoms with Gasteiger partial charge in [-0.05, 0) is 47.0 Å². The molecule has 31 heavy (non-hydrogen) atoms. The average molecular weight is 440 g/mol. The number of anilines is 1. The van der Waals surface area contributed by atoms with Crippen LogP contribution >= 0.6 is 0 Å². The third-order valence-electron chi connectivity index (χ3n) is 7.07. The van der Waals surface area contributed by atoms with Crippen molar-refractivity contribution in [1.82, 2.24) is 20.0 Å². The first-order chi connectivity index (χ1) is 14.5. The number of aryl methyl sites for hydroxylation is 1. The van der Waals surface area contributed by atoms with Crippen LogP contribution in [0.5, 0.6) is 0 Å². The number of ether oxygens (including phenoxy) is 1. The normalized spacial score (nSPS) is 26.2. The Hall–Kier alpha value is -1.90. The number of carbonyl (C=O) groups is 1. The van der Waals surface area contributed by atoms with Gasteiger partial charge in [0.2, 0.25) is 0 Å². The van der Waals surface area contributed by atoms with E-state index in [1.54, 1.807) is 9.80 Å². The summed E-state index contributed by atoms with van der Waals surface area (Å²) in [5.41, 5.74) is -0.561. The molecule has 7 nitrogen and oxygen atoms in total. The molecule has 0 aromatic carbocycles. The van der Waals surface area contributed by atoms with E-state index in [1.165, 1.54) is 0 Å². The molecule has 4 rings (SSSR count). The second-order valence-electron chi connectivity index (χ2n) is 10.6. The molecule has 0 radical (unpaired) electrons. The summed E-state index contributed by atoms with van der Waals surface area (Å²) in [6.45, 7) is 12.3. The highest BCUT2D eigenvalue weighted by atomic mass is 19.3. The van der Waals surface area contributed by atoms with Gasteiger partial charge in [0.25, 0.3) is 6.43 Å². The first kappa shape index (κ1) is 22.3. The predicted octanol–water partition coefficient (Wildman–Crippen LogP) is 3.59. The number of hydrogen-bond acceptors (Lipinski definition) is 5. The molecule has 3 heterocycles. The number of likely N-dealkylation sites (tertiary alicyclic amines) is 1. The SMILES string of the molecule is CC[C@@]1(C(F)F)CNCCN1c1cc(C)n(C2CC3(C2)CN(C(=O)OC(C)(C)C)C3)n1. The third-order valence-corrected chi connectivity index (χ3v) is 7.07. The number of amides is 1. The number of hydrogen-bond donors (Lipinski definition) is 1. The molecule has 1 aromatic heterocycles. The van der Waals surface area contributed by atoms with Crippen LogP contribution in [0, 0.1) is 12.3 Å². The maximum Gasteiger partial charge on any atom is 0.410 e. The van der Waals surface area contributed by atoms with Gasteiger partial charge in [-0.1, -0.05) is 6.92 Å². The van der Waals surface area contributed by atoms with Gasteiger partial charge in [-0.3, -0.25) is 4.68 Å². The van der Waals surface area contributed by atoms with E-state index in [0.29, 0.717) is 38.4 Å². The van der Waals surface area contributed by atoms with Crippen molar-refractivity contribution in [3.05, 3.63) is 11.8 Å². The molecule has 2 saturated heterocycles. The maximum atomic E-state index is 14.1. The summed E-state index contributed by atoms with van der Waals surface area (Å²) < 4.78 is 35.6. The zero-order valence-electron chi connectivity index (χ0n) is 19.3. The lowest BCUT2D eigenvalue weighted by atomic mass is 9.61. The summed E-state index contributed by atoms with van der Waals surface area (Å²) >= 11 is 0. The van der Waals surface area contributed by atoms with Crippen LogP contribution in [-0.4, -0.2) is 71.1 Å². The predicted molar refractivity (Wildman–Crippen MR) is 115 cm³/mol. The molecule has 1 atom stereocenters. The minimum absolute atomic E-state index is 0.144. The highest BCUT2D eigenvalue weighted by Crippen LogP contribution is 2.54. The number of rotatable bonds is 4. The van der Waals surface area contributed by atoms with Gasteiger partial charge in [0, 0.05) is 49.9 Å². The number of alkyl halides is 2. The minimum atomic E-state index is -2.45. The molecule has 1 N–H and O–H groups in total. The maximum absolute atomic E-state index is 14.1. The Morgan fingerprint density at radius 2 is 2.03 bits per heavy atom. The number of nitrogens with zero attached hydrogens (tertiary/aromatic N) is 4. The summed E-state index contributed by atoms with van der Waals surface area (Å²) in [7, 11) is 0. The van der Waals surface area contributed by atoms with Crippen LogP contribution in [0.3, 0.4) is 0 Å². The number of carbonyl (C=O) groups excluding carboxylic acids is 1. The molecule has 9 heteroatoms. The molecule has 1 spiro atoms. The van der Waals surface area contributed by atoms with Crippen LogP contribution in [0.1, 0.15) is 58.7 Å². The fraction of sp³-hybridized carbons (Fsp3) is 0.818. The van der Waals surface area contributed by atoms with Gasteiger partial charge in [-0.15, -0.1) is 0 Å². The van der Waals surface area contributed by atoms with Crippen molar-refractivity contribution in [2.75, 3.05) is 37.6 Å². The van der Waals surface area contributed by atoms with E-state index in [1.807, 2.05) is 45.4 Å².